The summed E-state index contributed by atoms with van der Waals surface area (Å²) in [7, 11) is 0. The van der Waals surface area contributed by atoms with Gasteiger partial charge in [-0.2, -0.15) is 0 Å². The van der Waals surface area contributed by atoms with Gasteiger partial charge >= 0.3 is 0 Å². The lowest BCUT2D eigenvalue weighted by molar-refractivity contribution is 0.0558. The number of amides is 2. The standard InChI is InChI=1S/C17H15FN2O3/c18-11-4-3-5-12(8-11)19-9-13(21)10-20-16(22)14-6-1-2-7-15(14)17(20)23/h1-8,13,19,21H,9-10H2. The Balaban J connectivity index is 1.62. The lowest BCUT2D eigenvalue weighted by Crippen LogP contribution is -2.39. The molecule has 2 aromatic carbocycles. The van der Waals surface area contributed by atoms with Crippen molar-refractivity contribution in [1.82, 2.24) is 4.90 Å². The molecule has 0 fully saturated rings. The molecular formula is C17H15FN2O3. The zero-order valence-corrected chi connectivity index (χ0v) is 12.2. The van der Waals surface area contributed by atoms with E-state index in [4.69, 9.17) is 0 Å². The molecule has 2 aromatic rings. The van der Waals surface area contributed by atoms with Crippen molar-refractivity contribution >= 4 is 17.5 Å². The minimum absolute atomic E-state index is 0.0941. The molecule has 1 atom stereocenters. The van der Waals surface area contributed by atoms with Gasteiger partial charge in [-0.05, 0) is 30.3 Å². The van der Waals surface area contributed by atoms with E-state index < -0.39 is 17.9 Å². The highest BCUT2D eigenvalue weighted by Crippen LogP contribution is 2.22. The quantitative estimate of drug-likeness (QED) is 0.827. The van der Waals surface area contributed by atoms with Crippen LogP contribution in [0.1, 0.15) is 20.7 Å². The maximum Gasteiger partial charge on any atom is 0.261 e. The normalized spacial score (nSPS) is 14.8. The number of rotatable bonds is 5. The third kappa shape index (κ3) is 3.07. The lowest BCUT2D eigenvalue weighted by Gasteiger charge is -2.19. The average molecular weight is 314 g/mol. The number of carbonyl (C=O) groups excluding carboxylic acids is 2. The molecule has 0 saturated carbocycles. The highest BCUT2D eigenvalue weighted by atomic mass is 19.1. The van der Waals surface area contributed by atoms with Gasteiger partial charge in [0.15, 0.2) is 0 Å². The number of aliphatic hydroxyl groups is 1. The van der Waals surface area contributed by atoms with Gasteiger partial charge in [-0.1, -0.05) is 18.2 Å². The maximum atomic E-state index is 13.1. The first-order valence-corrected chi connectivity index (χ1v) is 7.19. The number of β-amino-alcohol motifs (C(OH)–C–C–N with tert-alkyl or cyclic N) is 1. The molecule has 2 N–H and O–H groups in total. The molecule has 118 valence electrons. The number of halogens is 1. The van der Waals surface area contributed by atoms with Crippen LogP contribution in [-0.4, -0.2) is 41.0 Å². The van der Waals surface area contributed by atoms with Gasteiger partial charge in [-0.15, -0.1) is 0 Å². The summed E-state index contributed by atoms with van der Waals surface area (Å²) in [4.78, 5) is 25.4. The summed E-state index contributed by atoms with van der Waals surface area (Å²) >= 11 is 0. The average Bonchev–Trinajstić information content (AvgIpc) is 2.79. The molecule has 1 aliphatic rings. The van der Waals surface area contributed by atoms with Crippen molar-refractivity contribution in [2.75, 3.05) is 18.4 Å². The zero-order valence-electron chi connectivity index (χ0n) is 12.2. The molecule has 0 aromatic heterocycles. The fourth-order valence-corrected chi connectivity index (χ4v) is 2.51. The van der Waals surface area contributed by atoms with Crippen molar-refractivity contribution in [1.29, 1.82) is 0 Å². The van der Waals surface area contributed by atoms with Gasteiger partial charge < -0.3 is 10.4 Å². The van der Waals surface area contributed by atoms with Crippen LogP contribution in [0.4, 0.5) is 10.1 Å². The smallest absolute Gasteiger partial charge is 0.261 e. The Kier molecular flexibility index (Phi) is 4.08. The second-order valence-electron chi connectivity index (χ2n) is 5.31. The van der Waals surface area contributed by atoms with Gasteiger partial charge in [0.1, 0.15) is 5.82 Å². The summed E-state index contributed by atoms with van der Waals surface area (Å²) in [6.45, 7) is -0.0223. The summed E-state index contributed by atoms with van der Waals surface area (Å²) < 4.78 is 13.1. The minimum Gasteiger partial charge on any atom is -0.389 e. The number of aliphatic hydroxyl groups excluding tert-OH is 1. The topological polar surface area (TPSA) is 69.6 Å². The molecule has 1 heterocycles. The molecule has 2 amide bonds. The molecule has 5 nitrogen and oxygen atoms in total. The van der Waals surface area contributed by atoms with Crippen LogP contribution >= 0.6 is 0 Å². The zero-order chi connectivity index (χ0) is 16.4. The number of imide groups is 1. The van der Waals surface area contributed by atoms with Crippen LogP contribution in [0.15, 0.2) is 48.5 Å². The van der Waals surface area contributed by atoms with Gasteiger partial charge in [-0.3, -0.25) is 14.5 Å². The molecule has 23 heavy (non-hydrogen) atoms. The van der Waals surface area contributed by atoms with Crippen LogP contribution in [0.5, 0.6) is 0 Å². The molecule has 1 aliphatic heterocycles. The summed E-state index contributed by atoms with van der Waals surface area (Å²) in [6.07, 6.45) is -0.958. The first-order chi connectivity index (χ1) is 11.1. The van der Waals surface area contributed by atoms with Crippen LogP contribution in [0.25, 0.3) is 0 Å². The molecule has 0 radical (unpaired) electrons. The van der Waals surface area contributed by atoms with Crippen LogP contribution in [0.2, 0.25) is 0 Å². The van der Waals surface area contributed by atoms with Crippen molar-refractivity contribution in [3.05, 3.63) is 65.5 Å². The van der Waals surface area contributed by atoms with Crippen LogP contribution in [0, 0.1) is 5.82 Å². The molecular weight excluding hydrogens is 299 g/mol. The van der Waals surface area contributed by atoms with E-state index in [0.29, 0.717) is 16.8 Å². The molecule has 0 spiro atoms. The number of fused-ring (bicyclic) bond motifs is 1. The minimum atomic E-state index is -0.958. The van der Waals surface area contributed by atoms with E-state index in [0.717, 1.165) is 4.90 Å². The van der Waals surface area contributed by atoms with Gasteiger partial charge in [-0.25, -0.2) is 4.39 Å². The Hall–Kier alpha value is -2.73. The Morgan fingerprint density at radius 3 is 2.30 bits per heavy atom. The fourth-order valence-electron chi connectivity index (χ4n) is 2.51. The molecule has 6 heteroatoms. The van der Waals surface area contributed by atoms with E-state index >= 15 is 0 Å². The number of anilines is 1. The SMILES string of the molecule is O=C1c2ccccc2C(=O)N1CC(O)CNc1cccc(F)c1. The van der Waals surface area contributed by atoms with Crippen molar-refractivity contribution in [2.24, 2.45) is 0 Å². The Morgan fingerprint density at radius 1 is 1.04 bits per heavy atom. The first-order valence-electron chi connectivity index (χ1n) is 7.19. The van der Waals surface area contributed by atoms with Crippen molar-refractivity contribution in [3.63, 3.8) is 0 Å². The predicted octanol–water partition coefficient (Wildman–Crippen LogP) is 1.89. The lowest BCUT2D eigenvalue weighted by atomic mass is 10.1. The maximum absolute atomic E-state index is 13.1. The van der Waals surface area contributed by atoms with Gasteiger partial charge in [0.2, 0.25) is 0 Å². The number of nitrogens with one attached hydrogen (secondary N) is 1. The van der Waals surface area contributed by atoms with Crippen molar-refractivity contribution in [3.8, 4) is 0 Å². The Labute approximate surface area is 132 Å². The largest absolute Gasteiger partial charge is 0.389 e. The van der Waals surface area contributed by atoms with Gasteiger partial charge in [0.05, 0.1) is 23.8 Å². The van der Waals surface area contributed by atoms with E-state index in [9.17, 15) is 19.1 Å². The summed E-state index contributed by atoms with van der Waals surface area (Å²) in [5, 5.41) is 12.9. The fraction of sp³-hybridized carbons (Fsp3) is 0.176. The molecule has 0 bridgehead atoms. The molecule has 1 unspecified atom stereocenters. The third-order valence-corrected chi connectivity index (χ3v) is 3.64. The van der Waals surface area contributed by atoms with Gasteiger partial charge in [0.25, 0.3) is 11.8 Å². The van der Waals surface area contributed by atoms with Crippen LogP contribution < -0.4 is 5.32 Å². The monoisotopic (exact) mass is 314 g/mol. The second kappa shape index (κ2) is 6.18. The summed E-state index contributed by atoms with van der Waals surface area (Å²) in [6, 6.07) is 12.4. The number of hydrogen-bond acceptors (Lipinski definition) is 4. The van der Waals surface area contributed by atoms with E-state index in [-0.39, 0.29) is 18.9 Å². The molecule has 0 aliphatic carbocycles. The van der Waals surface area contributed by atoms with E-state index in [1.165, 1.54) is 12.1 Å². The van der Waals surface area contributed by atoms with E-state index in [1.54, 1.807) is 36.4 Å². The number of benzene rings is 2. The van der Waals surface area contributed by atoms with Crippen LogP contribution in [0.3, 0.4) is 0 Å². The summed E-state index contributed by atoms with van der Waals surface area (Å²) in [5.74, 6) is -1.20. The highest BCUT2D eigenvalue weighted by Gasteiger charge is 2.35. The van der Waals surface area contributed by atoms with E-state index in [2.05, 4.69) is 5.32 Å². The molecule has 3 rings (SSSR count). The number of carbonyl (C=O) groups is 2. The second-order valence-corrected chi connectivity index (χ2v) is 5.31. The Morgan fingerprint density at radius 2 is 1.70 bits per heavy atom. The van der Waals surface area contributed by atoms with Crippen molar-refractivity contribution < 1.29 is 19.1 Å². The third-order valence-electron chi connectivity index (χ3n) is 3.64. The highest BCUT2D eigenvalue weighted by molar-refractivity contribution is 6.21. The Bertz CT molecular complexity index is 728. The van der Waals surface area contributed by atoms with Crippen molar-refractivity contribution in [2.45, 2.75) is 6.10 Å². The molecule has 0 saturated heterocycles. The predicted molar refractivity (Wildman–Crippen MR) is 82.7 cm³/mol. The number of nitrogens with zero attached hydrogens (tertiary/aromatic N) is 1. The first kappa shape index (κ1) is 15.2. The van der Waals surface area contributed by atoms with Gasteiger partial charge in [0, 0.05) is 12.2 Å². The number of hydrogen-bond donors (Lipinski definition) is 2. The van der Waals surface area contributed by atoms with E-state index in [1.807, 2.05) is 0 Å². The summed E-state index contributed by atoms with van der Waals surface area (Å²) in [5.41, 5.74) is 1.22. The van der Waals surface area contributed by atoms with Crippen LogP contribution in [-0.2, 0) is 0 Å².